The number of aliphatic imine (C=N–C) groups is 1. The van der Waals surface area contributed by atoms with Crippen LogP contribution in [0.1, 0.15) is 17.5 Å². The SMILES string of the molecule is O=C(O)CC1COC(c2cccc(C(F)(F)F)c2)=N1. The van der Waals surface area contributed by atoms with E-state index in [-0.39, 0.29) is 24.5 Å². The first kappa shape index (κ1) is 13.4. The van der Waals surface area contributed by atoms with Gasteiger partial charge in [-0.05, 0) is 18.2 Å². The third-order valence-corrected chi connectivity index (χ3v) is 2.56. The van der Waals surface area contributed by atoms with Gasteiger partial charge in [0.1, 0.15) is 6.61 Å². The minimum Gasteiger partial charge on any atom is -0.481 e. The third kappa shape index (κ3) is 3.24. The van der Waals surface area contributed by atoms with Crippen molar-refractivity contribution >= 4 is 11.9 Å². The number of hydrogen-bond donors (Lipinski definition) is 1. The molecule has 0 spiro atoms. The zero-order chi connectivity index (χ0) is 14.0. The van der Waals surface area contributed by atoms with Crippen LogP contribution in [0.3, 0.4) is 0 Å². The zero-order valence-corrected chi connectivity index (χ0v) is 9.65. The summed E-state index contributed by atoms with van der Waals surface area (Å²) in [5.41, 5.74) is -0.597. The molecular formula is C12H10F3NO3. The second-order valence-corrected chi connectivity index (χ2v) is 4.08. The van der Waals surface area contributed by atoms with Crippen molar-refractivity contribution < 1.29 is 27.8 Å². The lowest BCUT2D eigenvalue weighted by Gasteiger charge is -2.08. The number of nitrogens with zero attached hydrogens (tertiary/aromatic N) is 1. The van der Waals surface area contributed by atoms with Crippen molar-refractivity contribution in [3.63, 3.8) is 0 Å². The van der Waals surface area contributed by atoms with Gasteiger partial charge in [0.15, 0.2) is 0 Å². The highest BCUT2D eigenvalue weighted by Crippen LogP contribution is 2.30. The van der Waals surface area contributed by atoms with E-state index in [9.17, 15) is 18.0 Å². The fraction of sp³-hybridized carbons (Fsp3) is 0.333. The molecule has 1 unspecified atom stereocenters. The first-order valence-corrected chi connectivity index (χ1v) is 5.46. The van der Waals surface area contributed by atoms with Crippen molar-refractivity contribution in [1.82, 2.24) is 0 Å². The van der Waals surface area contributed by atoms with E-state index in [0.29, 0.717) is 0 Å². The number of carboxylic acid groups (broad SMARTS) is 1. The maximum Gasteiger partial charge on any atom is 0.416 e. The maximum absolute atomic E-state index is 12.5. The molecule has 1 aromatic rings. The molecule has 102 valence electrons. The summed E-state index contributed by atoms with van der Waals surface area (Å²) in [5, 5.41) is 8.61. The molecule has 4 nitrogen and oxygen atoms in total. The monoisotopic (exact) mass is 273 g/mol. The molecule has 1 aliphatic rings. The van der Waals surface area contributed by atoms with E-state index in [1.807, 2.05) is 0 Å². The third-order valence-electron chi connectivity index (χ3n) is 2.56. The van der Waals surface area contributed by atoms with Crippen LogP contribution >= 0.6 is 0 Å². The molecule has 0 bridgehead atoms. The topological polar surface area (TPSA) is 58.9 Å². The van der Waals surface area contributed by atoms with Crippen LogP contribution in [0.4, 0.5) is 13.2 Å². The number of alkyl halides is 3. The van der Waals surface area contributed by atoms with Crippen LogP contribution in [0.2, 0.25) is 0 Å². The molecule has 2 rings (SSSR count). The molecule has 7 heteroatoms. The van der Waals surface area contributed by atoms with E-state index < -0.39 is 23.8 Å². The maximum atomic E-state index is 12.5. The molecule has 0 amide bonds. The molecule has 0 aromatic heterocycles. The van der Waals surface area contributed by atoms with E-state index in [4.69, 9.17) is 9.84 Å². The average Bonchev–Trinajstić information content (AvgIpc) is 2.76. The van der Waals surface area contributed by atoms with Gasteiger partial charge in [0.05, 0.1) is 18.0 Å². The lowest BCUT2D eigenvalue weighted by molar-refractivity contribution is -0.138. The van der Waals surface area contributed by atoms with Crippen LogP contribution in [0.25, 0.3) is 0 Å². The summed E-state index contributed by atoms with van der Waals surface area (Å²) < 4.78 is 42.8. The molecule has 0 saturated carbocycles. The highest BCUT2D eigenvalue weighted by molar-refractivity contribution is 5.95. The van der Waals surface area contributed by atoms with Crippen molar-refractivity contribution in [1.29, 1.82) is 0 Å². The lowest BCUT2D eigenvalue weighted by atomic mass is 10.1. The number of ether oxygens (including phenoxy) is 1. The minimum atomic E-state index is -4.43. The molecule has 1 N–H and O–H groups in total. The standard InChI is InChI=1S/C12H10F3NO3/c13-12(14,15)8-3-1-2-7(4-8)11-16-9(6-19-11)5-10(17)18/h1-4,9H,5-6H2,(H,17,18). The molecular weight excluding hydrogens is 263 g/mol. The van der Waals surface area contributed by atoms with Gasteiger partial charge in [-0.15, -0.1) is 0 Å². The summed E-state index contributed by atoms with van der Waals surface area (Å²) in [7, 11) is 0. The van der Waals surface area contributed by atoms with Crippen molar-refractivity contribution in [3.05, 3.63) is 35.4 Å². The second kappa shape index (κ2) is 4.91. The summed E-state index contributed by atoms with van der Waals surface area (Å²) in [6, 6.07) is 4.03. The fourth-order valence-electron chi connectivity index (χ4n) is 1.71. The quantitative estimate of drug-likeness (QED) is 0.919. The van der Waals surface area contributed by atoms with Crippen LogP contribution in [0.5, 0.6) is 0 Å². The number of benzene rings is 1. The fourth-order valence-corrected chi connectivity index (χ4v) is 1.71. The Morgan fingerprint density at radius 1 is 1.47 bits per heavy atom. The van der Waals surface area contributed by atoms with Crippen molar-refractivity contribution in [3.8, 4) is 0 Å². The van der Waals surface area contributed by atoms with Crippen molar-refractivity contribution in [2.45, 2.75) is 18.6 Å². The largest absolute Gasteiger partial charge is 0.481 e. The van der Waals surface area contributed by atoms with Gasteiger partial charge >= 0.3 is 12.1 Å². The molecule has 0 saturated heterocycles. The summed E-state index contributed by atoms with van der Waals surface area (Å²) in [4.78, 5) is 14.5. The number of rotatable bonds is 3. The number of hydrogen-bond acceptors (Lipinski definition) is 3. The van der Waals surface area contributed by atoms with Crippen LogP contribution in [-0.4, -0.2) is 29.6 Å². The predicted octanol–water partition coefficient (Wildman–Crippen LogP) is 2.33. The second-order valence-electron chi connectivity index (χ2n) is 4.08. The van der Waals surface area contributed by atoms with E-state index in [1.54, 1.807) is 0 Å². The Balaban J connectivity index is 2.21. The smallest absolute Gasteiger partial charge is 0.416 e. The van der Waals surface area contributed by atoms with Gasteiger partial charge in [-0.25, -0.2) is 4.99 Å². The normalized spacial score (nSPS) is 18.9. The molecule has 0 radical (unpaired) electrons. The van der Waals surface area contributed by atoms with Gasteiger partial charge in [-0.3, -0.25) is 4.79 Å². The first-order chi connectivity index (χ1) is 8.86. The molecule has 1 aromatic carbocycles. The molecule has 1 atom stereocenters. The number of carbonyl (C=O) groups is 1. The Labute approximate surface area is 106 Å². The van der Waals surface area contributed by atoms with Gasteiger partial charge in [0.2, 0.25) is 5.90 Å². The van der Waals surface area contributed by atoms with Crippen molar-refractivity contribution in [2.75, 3.05) is 6.61 Å². The number of aliphatic carboxylic acids is 1. The van der Waals surface area contributed by atoms with Gasteiger partial charge in [-0.1, -0.05) is 6.07 Å². The Kier molecular flexibility index (Phi) is 3.46. The summed E-state index contributed by atoms with van der Waals surface area (Å²) in [6.45, 7) is 0.0673. The van der Waals surface area contributed by atoms with Gasteiger partial charge in [0, 0.05) is 5.56 Å². The highest BCUT2D eigenvalue weighted by atomic mass is 19.4. The van der Waals surface area contributed by atoms with Crippen LogP contribution in [-0.2, 0) is 15.7 Å². The Morgan fingerprint density at radius 2 is 2.21 bits per heavy atom. The summed E-state index contributed by atoms with van der Waals surface area (Å²) >= 11 is 0. The molecule has 1 heterocycles. The van der Waals surface area contributed by atoms with Crippen LogP contribution in [0, 0.1) is 0 Å². The average molecular weight is 273 g/mol. The van der Waals surface area contributed by atoms with Gasteiger partial charge < -0.3 is 9.84 Å². The van der Waals surface area contributed by atoms with Crippen molar-refractivity contribution in [2.24, 2.45) is 4.99 Å². The van der Waals surface area contributed by atoms with Crippen LogP contribution in [0.15, 0.2) is 29.3 Å². The minimum absolute atomic E-state index is 0.0531. The Bertz CT molecular complexity index is 525. The lowest BCUT2D eigenvalue weighted by Crippen LogP contribution is -2.12. The van der Waals surface area contributed by atoms with Crippen LogP contribution < -0.4 is 0 Å². The summed E-state index contributed by atoms with van der Waals surface area (Å²) in [5.74, 6) is -0.972. The highest BCUT2D eigenvalue weighted by Gasteiger charge is 2.31. The number of halogens is 3. The van der Waals surface area contributed by atoms with E-state index in [0.717, 1.165) is 12.1 Å². The predicted molar refractivity (Wildman–Crippen MR) is 60.0 cm³/mol. The molecule has 0 fully saturated rings. The number of carboxylic acids is 1. The molecule has 0 aliphatic carbocycles. The van der Waals surface area contributed by atoms with E-state index in [2.05, 4.69) is 4.99 Å². The van der Waals surface area contributed by atoms with E-state index in [1.165, 1.54) is 12.1 Å². The Morgan fingerprint density at radius 3 is 2.84 bits per heavy atom. The zero-order valence-electron chi connectivity index (χ0n) is 9.65. The van der Waals surface area contributed by atoms with Gasteiger partial charge in [-0.2, -0.15) is 13.2 Å². The summed E-state index contributed by atoms with van der Waals surface area (Å²) in [6.07, 6.45) is -4.64. The molecule has 19 heavy (non-hydrogen) atoms. The first-order valence-electron chi connectivity index (χ1n) is 5.46. The van der Waals surface area contributed by atoms with E-state index >= 15 is 0 Å². The van der Waals surface area contributed by atoms with Gasteiger partial charge in [0.25, 0.3) is 0 Å². The Hall–Kier alpha value is -2.05. The molecule has 1 aliphatic heterocycles.